The summed E-state index contributed by atoms with van der Waals surface area (Å²) in [6, 6.07) is 9.77. The molecule has 0 heterocycles. The van der Waals surface area contributed by atoms with Gasteiger partial charge < -0.3 is 19.3 Å². The molecule has 0 unspecified atom stereocenters. The first-order chi connectivity index (χ1) is 12.2. The predicted octanol–water partition coefficient (Wildman–Crippen LogP) is 4.48. The van der Waals surface area contributed by atoms with Crippen molar-refractivity contribution in [3.05, 3.63) is 53.6 Å². The minimum atomic E-state index is -0.461. The highest BCUT2D eigenvalue weighted by atomic mass is 16.5. The number of hydrogen-bond acceptors (Lipinski definition) is 5. The Labute approximate surface area is 153 Å². The number of ketones is 1. The smallest absolute Gasteiger partial charge is 0.203 e. The van der Waals surface area contributed by atoms with Crippen LogP contribution in [-0.2, 0) is 0 Å². The highest BCUT2D eigenvalue weighted by Gasteiger charge is 2.21. The number of phenols is 1. The molecule has 0 bridgehead atoms. The Balaban J connectivity index is 2.43. The Morgan fingerprint density at radius 2 is 1.77 bits per heavy atom. The van der Waals surface area contributed by atoms with Crippen LogP contribution in [0, 0.1) is 0 Å². The van der Waals surface area contributed by atoms with E-state index in [9.17, 15) is 9.90 Å². The van der Waals surface area contributed by atoms with Crippen molar-refractivity contribution in [2.45, 2.75) is 26.4 Å². The van der Waals surface area contributed by atoms with Crippen molar-refractivity contribution < 1.29 is 24.1 Å². The van der Waals surface area contributed by atoms with E-state index in [4.69, 9.17) is 14.2 Å². The van der Waals surface area contributed by atoms with Crippen LogP contribution in [0.15, 0.2) is 42.5 Å². The molecule has 0 saturated heterocycles. The summed E-state index contributed by atoms with van der Waals surface area (Å²) >= 11 is 0. The van der Waals surface area contributed by atoms with Gasteiger partial charge in [0.15, 0.2) is 17.3 Å². The maximum Gasteiger partial charge on any atom is 0.203 e. The van der Waals surface area contributed by atoms with Crippen molar-refractivity contribution in [3.8, 4) is 23.0 Å². The predicted molar refractivity (Wildman–Crippen MR) is 101 cm³/mol. The molecule has 5 nitrogen and oxygen atoms in total. The molecule has 0 amide bonds. The second-order valence-electron chi connectivity index (χ2n) is 6.68. The van der Waals surface area contributed by atoms with Crippen LogP contribution in [0.4, 0.5) is 0 Å². The Bertz CT molecular complexity index is 816. The number of methoxy groups -OCH3 is 2. The summed E-state index contributed by atoms with van der Waals surface area (Å²) in [5.41, 5.74) is 0.628. The molecule has 0 atom stereocenters. The first-order valence-corrected chi connectivity index (χ1v) is 8.20. The summed E-state index contributed by atoms with van der Waals surface area (Å²) in [5.74, 6) is 1.33. The van der Waals surface area contributed by atoms with Crippen LogP contribution in [0.2, 0.25) is 0 Å². The molecule has 0 aliphatic carbocycles. The largest absolute Gasteiger partial charge is 0.508 e. The van der Waals surface area contributed by atoms with Crippen molar-refractivity contribution >= 4 is 11.9 Å². The van der Waals surface area contributed by atoms with Gasteiger partial charge in [0.2, 0.25) is 5.75 Å². The lowest BCUT2D eigenvalue weighted by atomic mass is 10.1. The third kappa shape index (κ3) is 4.79. The molecule has 0 aliphatic rings. The summed E-state index contributed by atoms with van der Waals surface area (Å²) < 4.78 is 16.8. The van der Waals surface area contributed by atoms with Crippen molar-refractivity contribution in [3.63, 3.8) is 0 Å². The number of allylic oxidation sites excluding steroid dienone is 1. The molecular formula is C21H24O5. The van der Waals surface area contributed by atoms with Crippen LogP contribution in [0.1, 0.15) is 36.7 Å². The summed E-state index contributed by atoms with van der Waals surface area (Å²) in [4.78, 5) is 12.3. The van der Waals surface area contributed by atoms with Crippen molar-refractivity contribution in [2.75, 3.05) is 14.2 Å². The van der Waals surface area contributed by atoms with E-state index in [1.807, 2.05) is 20.8 Å². The minimum Gasteiger partial charge on any atom is -0.508 e. The van der Waals surface area contributed by atoms with E-state index in [2.05, 4.69) is 0 Å². The maximum absolute atomic E-state index is 12.3. The molecule has 1 N–H and O–H groups in total. The van der Waals surface area contributed by atoms with Gasteiger partial charge in [-0.25, -0.2) is 0 Å². The zero-order chi connectivity index (χ0) is 19.3. The summed E-state index contributed by atoms with van der Waals surface area (Å²) in [7, 11) is 3.10. The van der Waals surface area contributed by atoms with E-state index < -0.39 is 5.60 Å². The third-order valence-corrected chi connectivity index (χ3v) is 3.48. The summed E-state index contributed by atoms with van der Waals surface area (Å²) in [5, 5.41) is 9.52. The summed E-state index contributed by atoms with van der Waals surface area (Å²) in [6.45, 7) is 5.78. The number of aromatic hydroxyl groups is 1. The second-order valence-corrected chi connectivity index (χ2v) is 6.68. The highest BCUT2D eigenvalue weighted by molar-refractivity contribution is 6.07. The van der Waals surface area contributed by atoms with Crippen LogP contribution < -0.4 is 14.2 Å². The molecule has 0 aliphatic heterocycles. The first-order valence-electron chi connectivity index (χ1n) is 8.20. The van der Waals surface area contributed by atoms with Crippen molar-refractivity contribution in [1.82, 2.24) is 0 Å². The fourth-order valence-corrected chi connectivity index (χ4v) is 2.38. The highest BCUT2D eigenvalue weighted by Crippen LogP contribution is 2.42. The number of phenolic OH excluding ortho intramolecular Hbond substituents is 1. The Morgan fingerprint density at radius 3 is 2.35 bits per heavy atom. The molecular weight excluding hydrogens is 332 g/mol. The van der Waals surface area contributed by atoms with Gasteiger partial charge in [-0.3, -0.25) is 4.79 Å². The average Bonchev–Trinajstić information content (AvgIpc) is 2.58. The van der Waals surface area contributed by atoms with Crippen molar-refractivity contribution in [1.29, 1.82) is 0 Å². The van der Waals surface area contributed by atoms with E-state index in [-0.39, 0.29) is 11.5 Å². The molecule has 26 heavy (non-hydrogen) atoms. The van der Waals surface area contributed by atoms with Crippen LogP contribution >= 0.6 is 0 Å². The number of benzene rings is 2. The summed E-state index contributed by atoms with van der Waals surface area (Å²) in [6.07, 6.45) is 3.10. The van der Waals surface area contributed by atoms with Gasteiger partial charge in [-0.2, -0.15) is 0 Å². The lowest BCUT2D eigenvalue weighted by Gasteiger charge is -2.25. The Kier molecular flexibility index (Phi) is 5.93. The van der Waals surface area contributed by atoms with Gasteiger partial charge in [0.25, 0.3) is 0 Å². The molecule has 5 heteroatoms. The van der Waals surface area contributed by atoms with Gasteiger partial charge in [0, 0.05) is 11.1 Å². The van der Waals surface area contributed by atoms with E-state index in [1.165, 1.54) is 18.2 Å². The van der Waals surface area contributed by atoms with Crippen molar-refractivity contribution in [2.24, 2.45) is 0 Å². The molecule has 2 aromatic rings. The molecule has 2 aromatic carbocycles. The minimum absolute atomic E-state index is 0.0483. The standard InChI is InChI=1S/C21H24O5/c1-21(2,3)26-19-14(10-12-18(24-4)20(19)25-5)9-11-17(23)15-7-6-8-16(22)13-15/h6-13,22H,1-5H3/b11-9+. The van der Waals surface area contributed by atoms with E-state index in [1.54, 1.807) is 44.6 Å². The lowest BCUT2D eigenvalue weighted by molar-refractivity contribution is 0.104. The zero-order valence-electron chi connectivity index (χ0n) is 15.7. The Morgan fingerprint density at radius 1 is 1.04 bits per heavy atom. The molecule has 2 rings (SSSR count). The molecule has 138 valence electrons. The SMILES string of the molecule is COc1ccc(/C=C/C(=O)c2cccc(O)c2)c(OC(C)(C)C)c1OC. The van der Waals surface area contributed by atoms with Crippen LogP contribution in [0.3, 0.4) is 0 Å². The number of hydrogen-bond donors (Lipinski definition) is 1. The maximum atomic E-state index is 12.3. The van der Waals surface area contributed by atoms with Crippen LogP contribution in [0.25, 0.3) is 6.08 Å². The lowest BCUT2D eigenvalue weighted by Crippen LogP contribution is -2.23. The van der Waals surface area contributed by atoms with Gasteiger partial charge in [0.1, 0.15) is 11.4 Å². The van der Waals surface area contributed by atoms with Gasteiger partial charge >= 0.3 is 0 Å². The number of rotatable bonds is 6. The third-order valence-electron chi connectivity index (χ3n) is 3.48. The molecule has 0 fully saturated rings. The van der Waals surface area contributed by atoms with Gasteiger partial charge in [0.05, 0.1) is 14.2 Å². The molecule has 0 saturated carbocycles. The molecule has 0 radical (unpaired) electrons. The number of carbonyl (C=O) groups is 1. The van der Waals surface area contributed by atoms with Gasteiger partial charge in [-0.15, -0.1) is 0 Å². The number of ether oxygens (including phenoxy) is 3. The second kappa shape index (κ2) is 7.95. The first kappa shape index (κ1) is 19.4. The van der Waals surface area contributed by atoms with Gasteiger partial charge in [-0.05, 0) is 57.2 Å². The molecule has 0 spiro atoms. The van der Waals surface area contributed by atoms with E-state index >= 15 is 0 Å². The fraction of sp³-hybridized carbons (Fsp3) is 0.286. The average molecular weight is 356 g/mol. The Hall–Kier alpha value is -2.95. The number of carbonyl (C=O) groups excluding carboxylic acids is 1. The zero-order valence-corrected chi connectivity index (χ0v) is 15.7. The van der Waals surface area contributed by atoms with Crippen LogP contribution in [0.5, 0.6) is 23.0 Å². The van der Waals surface area contributed by atoms with E-state index in [0.29, 0.717) is 28.4 Å². The topological polar surface area (TPSA) is 65.0 Å². The fourth-order valence-electron chi connectivity index (χ4n) is 2.38. The normalized spacial score (nSPS) is 11.4. The van der Waals surface area contributed by atoms with Crippen LogP contribution in [-0.4, -0.2) is 30.7 Å². The molecule has 0 aromatic heterocycles. The van der Waals surface area contributed by atoms with E-state index in [0.717, 1.165) is 0 Å². The quantitative estimate of drug-likeness (QED) is 0.610. The monoisotopic (exact) mass is 356 g/mol. The van der Waals surface area contributed by atoms with Gasteiger partial charge in [-0.1, -0.05) is 12.1 Å².